The summed E-state index contributed by atoms with van der Waals surface area (Å²) in [5.74, 6) is 0.00115. The van der Waals surface area contributed by atoms with Gasteiger partial charge in [-0.15, -0.1) is 0 Å². The summed E-state index contributed by atoms with van der Waals surface area (Å²) < 4.78 is 0. The lowest BCUT2D eigenvalue weighted by Gasteiger charge is -2.38. The molecule has 26 heavy (non-hydrogen) atoms. The lowest BCUT2D eigenvalue weighted by molar-refractivity contribution is 0.0578. The number of nitrogens with zero attached hydrogens (tertiary/aromatic N) is 3. The van der Waals surface area contributed by atoms with E-state index in [1.54, 1.807) is 0 Å². The lowest BCUT2D eigenvalue weighted by Crippen LogP contribution is -2.49. The molecule has 2 heterocycles. The van der Waals surface area contributed by atoms with Gasteiger partial charge in [-0.05, 0) is 30.7 Å². The van der Waals surface area contributed by atoms with Crippen LogP contribution in [0.15, 0.2) is 48.5 Å². The Bertz CT molecular complexity index is 913. The highest BCUT2D eigenvalue weighted by Crippen LogP contribution is 2.24. The Kier molecular flexibility index (Phi) is 4.66. The molecule has 4 rings (SSSR count). The van der Waals surface area contributed by atoms with Crippen LogP contribution in [-0.4, -0.2) is 52.1 Å². The van der Waals surface area contributed by atoms with E-state index in [1.165, 1.54) is 5.56 Å². The van der Waals surface area contributed by atoms with Crippen molar-refractivity contribution in [1.82, 2.24) is 20.0 Å². The summed E-state index contributed by atoms with van der Waals surface area (Å²) in [7, 11) is 0. The van der Waals surface area contributed by atoms with Crippen LogP contribution < -0.4 is 0 Å². The van der Waals surface area contributed by atoms with Gasteiger partial charge >= 0.3 is 0 Å². The number of aromatic amines is 1. The maximum Gasteiger partial charge on any atom is 0.275 e. The molecule has 1 aromatic heterocycles. The third kappa shape index (κ3) is 3.20. The highest BCUT2D eigenvalue weighted by atomic mass is 35.5. The molecule has 0 aliphatic carbocycles. The third-order valence-corrected chi connectivity index (χ3v) is 5.43. The van der Waals surface area contributed by atoms with Crippen molar-refractivity contribution in [1.29, 1.82) is 0 Å². The van der Waals surface area contributed by atoms with Gasteiger partial charge in [0.25, 0.3) is 5.91 Å². The molecule has 0 spiro atoms. The van der Waals surface area contributed by atoms with Crippen LogP contribution in [0.25, 0.3) is 10.9 Å². The minimum absolute atomic E-state index is 0.00115. The number of nitrogens with one attached hydrogen (secondary N) is 1. The van der Waals surface area contributed by atoms with E-state index in [2.05, 4.69) is 34.2 Å². The highest BCUT2D eigenvalue weighted by molar-refractivity contribution is 6.30. The van der Waals surface area contributed by atoms with Crippen LogP contribution in [-0.2, 0) is 0 Å². The van der Waals surface area contributed by atoms with Crippen LogP contribution in [0.1, 0.15) is 29.0 Å². The summed E-state index contributed by atoms with van der Waals surface area (Å²) in [6.45, 7) is 5.30. The van der Waals surface area contributed by atoms with E-state index in [4.69, 9.17) is 11.6 Å². The van der Waals surface area contributed by atoms with Crippen LogP contribution in [0.4, 0.5) is 0 Å². The van der Waals surface area contributed by atoms with Crippen LogP contribution in [0.5, 0.6) is 0 Å². The number of fused-ring (bicyclic) bond motifs is 1. The summed E-state index contributed by atoms with van der Waals surface area (Å²) in [5, 5.41) is 8.82. The molecule has 0 saturated carbocycles. The zero-order valence-electron chi connectivity index (χ0n) is 14.7. The van der Waals surface area contributed by atoms with Crippen molar-refractivity contribution in [3.05, 3.63) is 64.8 Å². The van der Waals surface area contributed by atoms with E-state index < -0.39 is 0 Å². The fraction of sp³-hybridized carbons (Fsp3) is 0.300. The number of rotatable bonds is 3. The van der Waals surface area contributed by atoms with Gasteiger partial charge in [-0.2, -0.15) is 5.10 Å². The molecule has 1 N–H and O–H groups in total. The van der Waals surface area contributed by atoms with E-state index in [-0.39, 0.29) is 5.91 Å². The first kappa shape index (κ1) is 17.1. The average Bonchev–Trinajstić information content (AvgIpc) is 3.12. The number of piperazine rings is 1. The topological polar surface area (TPSA) is 52.2 Å². The van der Waals surface area contributed by atoms with E-state index >= 15 is 0 Å². The van der Waals surface area contributed by atoms with Gasteiger partial charge < -0.3 is 4.90 Å². The SMILES string of the molecule is CC(c1ccc(Cl)cc1)N1CCN(C(=O)c2n[nH]c3ccccc23)CC1. The molecule has 6 heteroatoms. The smallest absolute Gasteiger partial charge is 0.275 e. The van der Waals surface area contributed by atoms with Crippen molar-refractivity contribution >= 4 is 28.4 Å². The number of amides is 1. The van der Waals surface area contributed by atoms with E-state index in [1.807, 2.05) is 41.3 Å². The highest BCUT2D eigenvalue weighted by Gasteiger charge is 2.27. The molecule has 1 atom stereocenters. The fourth-order valence-electron chi connectivity index (χ4n) is 3.54. The Labute approximate surface area is 157 Å². The zero-order valence-corrected chi connectivity index (χ0v) is 15.4. The number of halogens is 1. The number of benzene rings is 2. The molecule has 0 bridgehead atoms. The molecular weight excluding hydrogens is 348 g/mol. The summed E-state index contributed by atoms with van der Waals surface area (Å²) in [6.07, 6.45) is 0. The van der Waals surface area contributed by atoms with Crippen LogP contribution in [0, 0.1) is 0 Å². The Morgan fingerprint density at radius 1 is 1.08 bits per heavy atom. The second kappa shape index (κ2) is 7.09. The largest absolute Gasteiger partial charge is 0.335 e. The van der Waals surface area contributed by atoms with E-state index in [9.17, 15) is 4.79 Å². The maximum atomic E-state index is 12.9. The zero-order chi connectivity index (χ0) is 18.1. The normalized spacial score (nSPS) is 16.8. The number of hydrogen-bond donors (Lipinski definition) is 1. The second-order valence-electron chi connectivity index (χ2n) is 6.67. The first-order valence-corrected chi connectivity index (χ1v) is 9.23. The number of aromatic nitrogens is 2. The van der Waals surface area contributed by atoms with Gasteiger partial charge in [0.05, 0.1) is 5.52 Å². The second-order valence-corrected chi connectivity index (χ2v) is 7.11. The van der Waals surface area contributed by atoms with Gasteiger partial charge in [-0.3, -0.25) is 14.8 Å². The van der Waals surface area contributed by atoms with Gasteiger partial charge in [0.15, 0.2) is 5.69 Å². The summed E-state index contributed by atoms with van der Waals surface area (Å²) >= 11 is 5.98. The molecule has 1 aliphatic rings. The summed E-state index contributed by atoms with van der Waals surface area (Å²) in [4.78, 5) is 17.2. The Hall–Kier alpha value is -2.37. The van der Waals surface area contributed by atoms with Crippen molar-refractivity contribution in [2.75, 3.05) is 26.2 Å². The standard InChI is InChI=1S/C20H21ClN4O/c1-14(15-6-8-16(21)9-7-15)24-10-12-25(13-11-24)20(26)19-17-4-2-3-5-18(17)22-23-19/h2-9,14H,10-13H2,1H3,(H,22,23). The predicted molar refractivity (Wildman–Crippen MR) is 103 cm³/mol. The quantitative estimate of drug-likeness (QED) is 0.766. The molecule has 1 unspecified atom stereocenters. The van der Waals surface area contributed by atoms with E-state index in [0.29, 0.717) is 24.8 Å². The predicted octanol–water partition coefficient (Wildman–Crippen LogP) is 3.74. The molecule has 0 radical (unpaired) electrons. The number of hydrogen-bond acceptors (Lipinski definition) is 3. The number of carbonyl (C=O) groups is 1. The molecule has 1 amide bonds. The van der Waals surface area contributed by atoms with Crippen molar-refractivity contribution in [3.8, 4) is 0 Å². The monoisotopic (exact) mass is 368 g/mol. The summed E-state index contributed by atoms with van der Waals surface area (Å²) in [6, 6.07) is 16.0. The van der Waals surface area contributed by atoms with E-state index in [0.717, 1.165) is 29.0 Å². The molecule has 2 aromatic carbocycles. The molecule has 1 aliphatic heterocycles. The third-order valence-electron chi connectivity index (χ3n) is 5.17. The van der Waals surface area contributed by atoms with Gasteiger partial charge in [0, 0.05) is 42.6 Å². The number of para-hydroxylation sites is 1. The van der Waals surface area contributed by atoms with Gasteiger partial charge in [0.1, 0.15) is 0 Å². The van der Waals surface area contributed by atoms with Crippen LogP contribution in [0.2, 0.25) is 5.02 Å². The first-order chi connectivity index (χ1) is 12.6. The van der Waals surface area contributed by atoms with Crippen LogP contribution in [0.3, 0.4) is 0 Å². The number of carbonyl (C=O) groups excluding carboxylic acids is 1. The van der Waals surface area contributed by atoms with Crippen molar-refractivity contribution in [2.24, 2.45) is 0 Å². The number of H-pyrrole nitrogens is 1. The minimum atomic E-state index is 0.00115. The molecule has 3 aromatic rings. The van der Waals surface area contributed by atoms with Crippen LogP contribution >= 0.6 is 11.6 Å². The molecule has 134 valence electrons. The Morgan fingerprint density at radius 2 is 1.77 bits per heavy atom. The lowest BCUT2D eigenvalue weighted by atomic mass is 10.1. The van der Waals surface area contributed by atoms with Crippen molar-refractivity contribution in [3.63, 3.8) is 0 Å². The fourth-order valence-corrected chi connectivity index (χ4v) is 3.67. The maximum absolute atomic E-state index is 12.9. The Morgan fingerprint density at radius 3 is 2.50 bits per heavy atom. The first-order valence-electron chi connectivity index (χ1n) is 8.85. The summed E-state index contributed by atoms with van der Waals surface area (Å²) in [5.41, 5.74) is 2.65. The minimum Gasteiger partial charge on any atom is -0.335 e. The average molecular weight is 369 g/mol. The molecule has 1 fully saturated rings. The van der Waals surface area contributed by atoms with Gasteiger partial charge in [-0.25, -0.2) is 0 Å². The molecule has 5 nitrogen and oxygen atoms in total. The molecule has 1 saturated heterocycles. The van der Waals surface area contributed by atoms with Crippen molar-refractivity contribution < 1.29 is 4.79 Å². The van der Waals surface area contributed by atoms with Gasteiger partial charge in [0.2, 0.25) is 0 Å². The van der Waals surface area contributed by atoms with Gasteiger partial charge in [-0.1, -0.05) is 41.9 Å². The van der Waals surface area contributed by atoms with Crippen molar-refractivity contribution in [2.45, 2.75) is 13.0 Å². The Balaban J connectivity index is 1.43. The molecular formula is C20H21ClN4O.